The van der Waals surface area contributed by atoms with Crippen LogP contribution in [0.5, 0.6) is 0 Å². The van der Waals surface area contributed by atoms with Gasteiger partial charge in [-0.25, -0.2) is 0 Å². The highest BCUT2D eigenvalue weighted by Crippen LogP contribution is 2.26. The zero-order valence-corrected chi connectivity index (χ0v) is 9.38. The van der Waals surface area contributed by atoms with E-state index in [1.54, 1.807) is 7.05 Å². The van der Waals surface area contributed by atoms with Gasteiger partial charge in [-0.2, -0.15) is 0 Å². The van der Waals surface area contributed by atoms with Crippen LogP contribution >= 0.6 is 0 Å². The molecule has 3 nitrogen and oxygen atoms in total. The third-order valence-electron chi connectivity index (χ3n) is 3.09. The van der Waals surface area contributed by atoms with Crippen LogP contribution in [-0.4, -0.2) is 25.2 Å². The molecule has 0 aromatic carbocycles. The largest absolute Gasteiger partial charge is 0.461 e. The minimum atomic E-state index is -0.191. The predicted octanol–water partition coefficient (Wildman–Crippen LogP) is 1.72. The summed E-state index contributed by atoms with van der Waals surface area (Å²) in [4.78, 5) is 11.5. The van der Waals surface area contributed by atoms with E-state index in [1.165, 1.54) is 19.3 Å². The molecule has 1 saturated carbocycles. The summed E-state index contributed by atoms with van der Waals surface area (Å²) in [7, 11) is 1.77. The Morgan fingerprint density at radius 3 is 2.64 bits per heavy atom. The normalized spacial score (nSPS) is 29.6. The number of carbonyl (C=O) groups excluding carboxylic acids is 1. The second kappa shape index (κ2) is 5.35. The van der Waals surface area contributed by atoms with Crippen LogP contribution in [0.15, 0.2) is 0 Å². The van der Waals surface area contributed by atoms with Gasteiger partial charge in [0.2, 0.25) is 0 Å². The lowest BCUT2D eigenvalue weighted by molar-refractivity contribution is -0.155. The molecule has 3 unspecified atom stereocenters. The fraction of sp³-hybridized carbons (Fsp3) is 0.909. The first-order valence-electron chi connectivity index (χ1n) is 5.53. The average molecular weight is 199 g/mol. The lowest BCUT2D eigenvalue weighted by Gasteiger charge is -2.29. The Labute approximate surface area is 86.2 Å². The second-order valence-corrected chi connectivity index (χ2v) is 4.25. The molecule has 0 aromatic heterocycles. The van der Waals surface area contributed by atoms with Gasteiger partial charge in [0.25, 0.3) is 0 Å². The quantitative estimate of drug-likeness (QED) is 0.703. The molecule has 0 saturated heterocycles. The summed E-state index contributed by atoms with van der Waals surface area (Å²) in [6.45, 7) is 4.00. The number of carbonyl (C=O) groups is 1. The molecule has 0 radical (unpaired) electrons. The smallest absolute Gasteiger partial charge is 0.323 e. The van der Waals surface area contributed by atoms with Crippen LogP contribution in [0.4, 0.5) is 0 Å². The van der Waals surface area contributed by atoms with E-state index in [9.17, 15) is 4.79 Å². The molecule has 0 bridgehead atoms. The Hall–Kier alpha value is -0.570. The van der Waals surface area contributed by atoms with Gasteiger partial charge >= 0.3 is 5.97 Å². The van der Waals surface area contributed by atoms with Crippen molar-refractivity contribution >= 4 is 5.97 Å². The fourth-order valence-corrected chi connectivity index (χ4v) is 1.83. The zero-order valence-electron chi connectivity index (χ0n) is 9.38. The Morgan fingerprint density at radius 2 is 2.07 bits per heavy atom. The van der Waals surface area contributed by atoms with Crippen LogP contribution in [0.25, 0.3) is 0 Å². The monoisotopic (exact) mass is 199 g/mol. The molecule has 0 aromatic rings. The van der Waals surface area contributed by atoms with Crippen molar-refractivity contribution in [2.45, 2.75) is 51.7 Å². The molecule has 3 atom stereocenters. The first-order valence-corrected chi connectivity index (χ1v) is 5.53. The Kier molecular flexibility index (Phi) is 4.39. The maximum atomic E-state index is 11.5. The zero-order chi connectivity index (χ0) is 10.6. The number of ether oxygens (including phenoxy) is 1. The molecule has 0 aliphatic heterocycles. The minimum Gasteiger partial charge on any atom is -0.461 e. The summed E-state index contributed by atoms with van der Waals surface area (Å²) in [5, 5.41) is 2.89. The van der Waals surface area contributed by atoms with Gasteiger partial charge in [-0.05, 0) is 39.2 Å². The topological polar surface area (TPSA) is 38.3 Å². The third-order valence-corrected chi connectivity index (χ3v) is 3.09. The maximum Gasteiger partial charge on any atom is 0.323 e. The van der Waals surface area contributed by atoms with Crippen molar-refractivity contribution in [3.63, 3.8) is 0 Å². The molecule has 0 heterocycles. The molecule has 1 N–H and O–H groups in total. The van der Waals surface area contributed by atoms with E-state index < -0.39 is 0 Å². The highest BCUT2D eigenvalue weighted by atomic mass is 16.5. The van der Waals surface area contributed by atoms with Crippen LogP contribution in [0, 0.1) is 5.92 Å². The molecule has 82 valence electrons. The number of nitrogens with one attached hydrogen (secondary N) is 1. The van der Waals surface area contributed by atoms with Gasteiger partial charge in [-0.3, -0.25) is 4.79 Å². The van der Waals surface area contributed by atoms with Crippen molar-refractivity contribution in [1.29, 1.82) is 0 Å². The third kappa shape index (κ3) is 2.98. The van der Waals surface area contributed by atoms with Gasteiger partial charge in [0, 0.05) is 0 Å². The fourth-order valence-electron chi connectivity index (χ4n) is 1.83. The van der Waals surface area contributed by atoms with E-state index in [0.29, 0.717) is 5.92 Å². The summed E-state index contributed by atoms with van der Waals surface area (Å²) in [6.07, 6.45) is 4.83. The van der Waals surface area contributed by atoms with Crippen LogP contribution in [-0.2, 0) is 9.53 Å². The van der Waals surface area contributed by atoms with Crippen LogP contribution in [0.3, 0.4) is 0 Å². The molecule has 3 heteroatoms. The highest BCUT2D eigenvalue weighted by molar-refractivity contribution is 5.75. The number of rotatable bonds is 3. The van der Waals surface area contributed by atoms with Crippen molar-refractivity contribution in [2.24, 2.45) is 5.92 Å². The van der Waals surface area contributed by atoms with Crippen molar-refractivity contribution in [3.8, 4) is 0 Å². The van der Waals surface area contributed by atoms with E-state index in [4.69, 9.17) is 4.74 Å². The molecule has 0 amide bonds. The van der Waals surface area contributed by atoms with Crippen molar-refractivity contribution in [3.05, 3.63) is 0 Å². The minimum absolute atomic E-state index is 0.119. The van der Waals surface area contributed by atoms with Crippen molar-refractivity contribution in [2.75, 3.05) is 7.05 Å². The molecule has 1 aliphatic carbocycles. The van der Waals surface area contributed by atoms with Gasteiger partial charge < -0.3 is 10.1 Å². The molecule has 14 heavy (non-hydrogen) atoms. The Bertz CT molecular complexity index is 194. The maximum absolute atomic E-state index is 11.5. The van der Waals surface area contributed by atoms with Crippen LogP contribution in [0.1, 0.15) is 39.5 Å². The molecular weight excluding hydrogens is 178 g/mol. The summed E-state index contributed by atoms with van der Waals surface area (Å²) in [5.74, 6) is 0.406. The van der Waals surface area contributed by atoms with E-state index in [-0.39, 0.29) is 18.1 Å². The van der Waals surface area contributed by atoms with Gasteiger partial charge in [0.05, 0.1) is 0 Å². The lowest BCUT2D eigenvalue weighted by Crippen LogP contribution is -2.37. The summed E-state index contributed by atoms with van der Waals surface area (Å²) in [6, 6.07) is -0.191. The van der Waals surface area contributed by atoms with Crippen molar-refractivity contribution < 1.29 is 9.53 Å². The molecule has 0 spiro atoms. The van der Waals surface area contributed by atoms with Gasteiger partial charge in [-0.15, -0.1) is 0 Å². The molecule has 1 rings (SSSR count). The summed E-state index contributed by atoms with van der Waals surface area (Å²) >= 11 is 0. The van der Waals surface area contributed by atoms with E-state index in [1.807, 2.05) is 6.92 Å². The summed E-state index contributed by atoms with van der Waals surface area (Å²) in [5.41, 5.74) is 0. The van der Waals surface area contributed by atoms with Gasteiger partial charge in [0.1, 0.15) is 12.1 Å². The average Bonchev–Trinajstić information content (AvgIpc) is 2.20. The second-order valence-electron chi connectivity index (χ2n) is 4.25. The Morgan fingerprint density at radius 1 is 1.43 bits per heavy atom. The number of likely N-dealkylation sites (N-methyl/N-ethyl adjacent to an activating group) is 1. The first kappa shape index (κ1) is 11.5. The van der Waals surface area contributed by atoms with Gasteiger partial charge in [0.15, 0.2) is 0 Å². The molecule has 1 aliphatic rings. The Balaban J connectivity index is 2.38. The van der Waals surface area contributed by atoms with E-state index >= 15 is 0 Å². The standard InChI is InChI=1S/C11H21NO2/c1-8-6-4-5-7-10(8)14-11(13)9(2)12-3/h8-10,12H,4-7H2,1-3H3. The van der Waals surface area contributed by atoms with Crippen LogP contribution < -0.4 is 5.32 Å². The molecular formula is C11H21NO2. The lowest BCUT2D eigenvalue weighted by atomic mass is 9.88. The van der Waals surface area contributed by atoms with E-state index in [2.05, 4.69) is 12.2 Å². The van der Waals surface area contributed by atoms with Crippen LogP contribution in [0.2, 0.25) is 0 Å². The van der Waals surface area contributed by atoms with Gasteiger partial charge in [-0.1, -0.05) is 13.3 Å². The number of hydrogen-bond donors (Lipinski definition) is 1. The number of esters is 1. The first-order chi connectivity index (χ1) is 6.65. The SMILES string of the molecule is CNC(C)C(=O)OC1CCCCC1C. The highest BCUT2D eigenvalue weighted by Gasteiger charge is 2.26. The summed E-state index contributed by atoms with van der Waals surface area (Å²) < 4.78 is 5.45. The molecule has 1 fully saturated rings. The predicted molar refractivity (Wildman–Crippen MR) is 56.0 cm³/mol. The van der Waals surface area contributed by atoms with Crippen molar-refractivity contribution in [1.82, 2.24) is 5.32 Å². The van der Waals surface area contributed by atoms with E-state index in [0.717, 1.165) is 6.42 Å². The number of hydrogen-bond acceptors (Lipinski definition) is 3.